The summed E-state index contributed by atoms with van der Waals surface area (Å²) in [5.74, 6) is -3.13. The molecule has 7 heteroatoms. The van der Waals surface area contributed by atoms with Crippen LogP contribution in [0.5, 0.6) is 0 Å². The number of aliphatic imine (C=N–C) groups is 1. The number of methoxy groups -OCH3 is 2. The number of hydrogen-bond donors (Lipinski definition) is 1. The second-order valence-corrected chi connectivity index (χ2v) is 5.28. The molecule has 2 aliphatic rings. The molecule has 1 saturated carbocycles. The summed E-state index contributed by atoms with van der Waals surface area (Å²) in [5.41, 5.74) is 3.16. The maximum absolute atomic E-state index is 14.2. The molecule has 0 aromatic heterocycles. The first-order valence-electron chi connectivity index (χ1n) is 6.54. The van der Waals surface area contributed by atoms with Crippen LogP contribution in [0.25, 0.3) is 0 Å². The minimum Gasteiger partial charge on any atom is -0.386 e. The summed E-state index contributed by atoms with van der Waals surface area (Å²) < 4.78 is 24.8. The van der Waals surface area contributed by atoms with E-state index in [0.29, 0.717) is 0 Å². The van der Waals surface area contributed by atoms with Crippen LogP contribution in [0, 0.1) is 39.3 Å². The monoisotopic (exact) mass is 300 g/mol. The van der Waals surface area contributed by atoms with Crippen molar-refractivity contribution in [3.05, 3.63) is 35.6 Å². The zero-order valence-electron chi connectivity index (χ0n) is 12.0. The number of nitrogens with two attached hydrogens (primary N) is 1. The number of benzene rings is 1. The molecular weight excluding hydrogens is 287 g/mol. The van der Waals surface area contributed by atoms with Crippen molar-refractivity contribution in [1.82, 2.24) is 0 Å². The van der Waals surface area contributed by atoms with Crippen LogP contribution in [0.1, 0.15) is 11.5 Å². The lowest BCUT2D eigenvalue weighted by atomic mass is 9.93. The van der Waals surface area contributed by atoms with Crippen molar-refractivity contribution in [3.8, 4) is 12.1 Å². The Hall–Kier alpha value is -2.48. The predicted molar refractivity (Wildman–Crippen MR) is 73.6 cm³/mol. The molecule has 1 fully saturated rings. The van der Waals surface area contributed by atoms with Crippen LogP contribution in [0.3, 0.4) is 0 Å². The number of nitriles is 2. The molecule has 0 amide bonds. The third-order valence-electron chi connectivity index (χ3n) is 4.70. The third-order valence-corrected chi connectivity index (χ3v) is 4.70. The molecule has 1 aliphatic carbocycles. The molecule has 112 valence electrons. The zero-order valence-corrected chi connectivity index (χ0v) is 12.0. The van der Waals surface area contributed by atoms with Gasteiger partial charge < -0.3 is 15.2 Å². The summed E-state index contributed by atoms with van der Waals surface area (Å²) >= 11 is 0. The Bertz CT molecular complexity index is 762. The smallest absolute Gasteiger partial charge is 0.292 e. The molecule has 2 N–H and O–H groups in total. The molecule has 0 spiro atoms. The first-order valence-corrected chi connectivity index (χ1v) is 6.54. The van der Waals surface area contributed by atoms with Gasteiger partial charge in [0.15, 0.2) is 5.41 Å². The van der Waals surface area contributed by atoms with Gasteiger partial charge in [0.25, 0.3) is 5.91 Å². The molecule has 0 saturated heterocycles. The van der Waals surface area contributed by atoms with Crippen LogP contribution >= 0.6 is 0 Å². The van der Waals surface area contributed by atoms with E-state index in [0.717, 1.165) is 0 Å². The van der Waals surface area contributed by atoms with Crippen LogP contribution in [0.2, 0.25) is 0 Å². The Kier molecular flexibility index (Phi) is 2.80. The second kappa shape index (κ2) is 4.26. The highest BCUT2D eigenvalue weighted by Crippen LogP contribution is 2.81. The molecular formula is C15H13FN4O2. The van der Waals surface area contributed by atoms with Crippen molar-refractivity contribution in [2.24, 2.45) is 21.6 Å². The van der Waals surface area contributed by atoms with Crippen LogP contribution < -0.4 is 5.73 Å². The molecule has 0 radical (unpaired) electrons. The Morgan fingerprint density at radius 1 is 1.23 bits per heavy atom. The van der Waals surface area contributed by atoms with Crippen LogP contribution in [-0.2, 0) is 9.47 Å². The van der Waals surface area contributed by atoms with E-state index in [2.05, 4.69) is 17.1 Å². The SMILES string of the molecule is COC1(OC)N=C(N)[C@]2(C#N)[C@H](c3ccccc3F)[C@]12C#N. The first kappa shape index (κ1) is 14.5. The lowest BCUT2D eigenvalue weighted by Gasteiger charge is -2.29. The van der Waals surface area contributed by atoms with Gasteiger partial charge in [-0.05, 0) is 11.6 Å². The van der Waals surface area contributed by atoms with Gasteiger partial charge in [-0.25, -0.2) is 9.38 Å². The Morgan fingerprint density at radius 2 is 1.86 bits per heavy atom. The predicted octanol–water partition coefficient (Wildman–Crippen LogP) is 1.26. The van der Waals surface area contributed by atoms with Gasteiger partial charge in [-0.2, -0.15) is 10.5 Å². The van der Waals surface area contributed by atoms with Gasteiger partial charge >= 0.3 is 0 Å². The van der Waals surface area contributed by atoms with Crippen molar-refractivity contribution in [2.75, 3.05) is 14.2 Å². The Morgan fingerprint density at radius 3 is 2.36 bits per heavy atom. The summed E-state index contributed by atoms with van der Waals surface area (Å²) in [6.07, 6.45) is 0. The maximum Gasteiger partial charge on any atom is 0.292 e. The van der Waals surface area contributed by atoms with E-state index >= 15 is 0 Å². The molecule has 22 heavy (non-hydrogen) atoms. The Balaban J connectivity index is 2.29. The molecule has 6 nitrogen and oxygen atoms in total. The molecule has 3 atom stereocenters. The van der Waals surface area contributed by atoms with Gasteiger partial charge in [0, 0.05) is 20.1 Å². The lowest BCUT2D eigenvalue weighted by Crippen LogP contribution is -2.41. The fraction of sp³-hybridized carbons (Fsp3) is 0.400. The van der Waals surface area contributed by atoms with Crippen molar-refractivity contribution in [2.45, 2.75) is 11.8 Å². The van der Waals surface area contributed by atoms with Crippen LogP contribution in [0.15, 0.2) is 29.3 Å². The van der Waals surface area contributed by atoms with Crippen molar-refractivity contribution >= 4 is 5.84 Å². The van der Waals surface area contributed by atoms with Crippen molar-refractivity contribution < 1.29 is 13.9 Å². The van der Waals surface area contributed by atoms with E-state index in [1.807, 2.05) is 0 Å². The van der Waals surface area contributed by atoms with Crippen molar-refractivity contribution in [1.29, 1.82) is 10.5 Å². The topological polar surface area (TPSA) is 104 Å². The summed E-state index contributed by atoms with van der Waals surface area (Å²) in [6.45, 7) is 0. The van der Waals surface area contributed by atoms with E-state index in [4.69, 9.17) is 15.2 Å². The highest BCUT2D eigenvalue weighted by molar-refractivity contribution is 6.00. The number of rotatable bonds is 3. The maximum atomic E-state index is 14.2. The normalized spacial score (nSPS) is 34.2. The van der Waals surface area contributed by atoms with E-state index in [1.54, 1.807) is 6.07 Å². The summed E-state index contributed by atoms with van der Waals surface area (Å²) in [6, 6.07) is 10.1. The first-order chi connectivity index (χ1) is 10.5. The number of halogens is 1. The number of ether oxygens (including phenoxy) is 2. The number of amidine groups is 1. The molecule has 0 unspecified atom stereocenters. The van der Waals surface area contributed by atoms with Crippen LogP contribution in [-0.4, -0.2) is 26.0 Å². The van der Waals surface area contributed by atoms with Gasteiger partial charge in [0.2, 0.25) is 0 Å². The third kappa shape index (κ3) is 1.19. The van der Waals surface area contributed by atoms with E-state index in [-0.39, 0.29) is 11.4 Å². The quantitative estimate of drug-likeness (QED) is 0.846. The molecule has 1 heterocycles. The summed E-state index contributed by atoms with van der Waals surface area (Å²) in [5, 5.41) is 19.5. The highest BCUT2D eigenvalue weighted by Gasteiger charge is 2.93. The fourth-order valence-electron chi connectivity index (χ4n) is 3.70. The summed E-state index contributed by atoms with van der Waals surface area (Å²) in [4.78, 5) is 4.06. The number of hydrogen-bond acceptors (Lipinski definition) is 6. The van der Waals surface area contributed by atoms with E-state index in [9.17, 15) is 14.9 Å². The largest absolute Gasteiger partial charge is 0.386 e. The number of fused-ring (bicyclic) bond motifs is 1. The molecule has 1 aliphatic heterocycles. The molecule has 0 bridgehead atoms. The van der Waals surface area contributed by atoms with Crippen LogP contribution in [0.4, 0.5) is 4.39 Å². The van der Waals surface area contributed by atoms with Gasteiger partial charge in [0.1, 0.15) is 17.1 Å². The average molecular weight is 300 g/mol. The molecule has 1 aromatic carbocycles. The van der Waals surface area contributed by atoms with Gasteiger partial charge in [-0.3, -0.25) is 0 Å². The molecule has 3 rings (SSSR count). The minimum absolute atomic E-state index is 0.0755. The standard InChI is InChI=1S/C15H13FN4O2/c1-21-15(22-2)14(8-18)11(9-5-3-4-6-10(9)16)13(14,7-17)12(19)20-15/h3-6,11H,1-2H3,(H2,19,20)/t11-,13-,14-/m0/s1. The van der Waals surface area contributed by atoms with E-state index in [1.165, 1.54) is 32.4 Å². The van der Waals surface area contributed by atoms with E-state index < -0.39 is 28.5 Å². The summed E-state index contributed by atoms with van der Waals surface area (Å²) in [7, 11) is 2.62. The molecule has 1 aromatic rings. The highest BCUT2D eigenvalue weighted by atomic mass is 19.1. The van der Waals surface area contributed by atoms with Crippen molar-refractivity contribution in [3.63, 3.8) is 0 Å². The van der Waals surface area contributed by atoms with Gasteiger partial charge in [-0.1, -0.05) is 18.2 Å². The average Bonchev–Trinajstić information content (AvgIpc) is 3.10. The fourth-order valence-corrected chi connectivity index (χ4v) is 3.70. The minimum atomic E-state index is -1.73. The Labute approximate surface area is 126 Å². The van der Waals surface area contributed by atoms with Gasteiger partial charge in [-0.15, -0.1) is 0 Å². The van der Waals surface area contributed by atoms with Gasteiger partial charge in [0.05, 0.1) is 12.1 Å². The number of nitrogens with zero attached hydrogens (tertiary/aromatic N) is 3. The zero-order chi connectivity index (χ0) is 16.2. The second-order valence-electron chi connectivity index (χ2n) is 5.28. The lowest BCUT2D eigenvalue weighted by molar-refractivity contribution is -0.230.